The largest absolute Gasteiger partial charge is 0.399 e. The predicted molar refractivity (Wildman–Crippen MR) is 60.6 cm³/mol. The zero-order chi connectivity index (χ0) is 12.1. The van der Waals surface area contributed by atoms with Gasteiger partial charge in [-0.1, -0.05) is 11.2 Å². The van der Waals surface area contributed by atoms with Crippen LogP contribution in [0.25, 0.3) is 10.4 Å². The van der Waals surface area contributed by atoms with Crippen LogP contribution in [0, 0.1) is 6.92 Å². The molecule has 0 amide bonds. The molecule has 0 spiro atoms. The van der Waals surface area contributed by atoms with E-state index in [9.17, 15) is 10.2 Å². The summed E-state index contributed by atoms with van der Waals surface area (Å²) in [5.41, 5.74) is 15.6. The van der Waals surface area contributed by atoms with Gasteiger partial charge >= 0.3 is 0 Å². The number of nitrogens with zero attached hydrogens (tertiary/aromatic N) is 3. The summed E-state index contributed by atoms with van der Waals surface area (Å²) in [5, 5.41) is 22.6. The van der Waals surface area contributed by atoms with Crippen LogP contribution in [-0.4, -0.2) is 22.9 Å². The first-order valence-corrected chi connectivity index (χ1v) is 4.79. The van der Waals surface area contributed by atoms with Crippen LogP contribution in [0.4, 0.5) is 5.69 Å². The van der Waals surface area contributed by atoms with Crippen molar-refractivity contribution in [1.29, 1.82) is 0 Å². The second kappa shape index (κ2) is 5.37. The van der Waals surface area contributed by atoms with E-state index in [0.717, 1.165) is 5.56 Å². The highest BCUT2D eigenvalue weighted by atomic mass is 16.3. The van der Waals surface area contributed by atoms with Gasteiger partial charge in [0.15, 0.2) is 0 Å². The Labute approximate surface area is 93.0 Å². The Kier molecular flexibility index (Phi) is 4.13. The molecule has 0 aromatic heterocycles. The van der Waals surface area contributed by atoms with Gasteiger partial charge in [-0.3, -0.25) is 0 Å². The number of benzene rings is 1. The van der Waals surface area contributed by atoms with Gasteiger partial charge in [-0.15, -0.1) is 0 Å². The number of anilines is 1. The molecule has 1 rings (SSSR count). The van der Waals surface area contributed by atoms with E-state index in [1.54, 1.807) is 25.1 Å². The lowest BCUT2D eigenvalue weighted by Gasteiger charge is -2.18. The maximum atomic E-state index is 9.81. The van der Waals surface area contributed by atoms with Crippen molar-refractivity contribution in [3.05, 3.63) is 39.8 Å². The number of aliphatic hydroxyl groups excluding tert-OH is 2. The first-order chi connectivity index (χ1) is 7.56. The minimum atomic E-state index is -1.11. The van der Waals surface area contributed by atoms with Crippen LogP contribution < -0.4 is 5.73 Å². The van der Waals surface area contributed by atoms with Crippen LogP contribution in [0.2, 0.25) is 0 Å². The van der Waals surface area contributed by atoms with Gasteiger partial charge in [0.2, 0.25) is 0 Å². The molecule has 6 heteroatoms. The molecule has 1 aromatic rings. The van der Waals surface area contributed by atoms with Crippen LogP contribution >= 0.6 is 0 Å². The third-order valence-corrected chi connectivity index (χ3v) is 2.31. The summed E-state index contributed by atoms with van der Waals surface area (Å²) in [6.45, 7) is 1.62. The number of aryl methyl sites for hydroxylation is 1. The van der Waals surface area contributed by atoms with Gasteiger partial charge in [0.05, 0.1) is 12.6 Å². The lowest BCUT2D eigenvalue weighted by molar-refractivity contribution is 0.0240. The van der Waals surface area contributed by atoms with Gasteiger partial charge < -0.3 is 15.9 Å². The maximum Gasteiger partial charge on any atom is 0.105 e. The molecule has 0 bridgehead atoms. The van der Waals surface area contributed by atoms with Gasteiger partial charge in [-0.05, 0) is 35.7 Å². The van der Waals surface area contributed by atoms with E-state index in [1.807, 2.05) is 0 Å². The van der Waals surface area contributed by atoms with Gasteiger partial charge in [0.25, 0.3) is 0 Å². The van der Waals surface area contributed by atoms with Gasteiger partial charge in [-0.25, -0.2) is 0 Å². The molecular weight excluding hydrogens is 208 g/mol. The number of hydrogen-bond donors (Lipinski definition) is 3. The number of hydrogen-bond acceptors (Lipinski definition) is 4. The van der Waals surface area contributed by atoms with Crippen molar-refractivity contribution in [2.45, 2.75) is 19.1 Å². The minimum Gasteiger partial charge on any atom is -0.399 e. The third-order valence-electron chi connectivity index (χ3n) is 2.31. The summed E-state index contributed by atoms with van der Waals surface area (Å²) in [7, 11) is 0. The van der Waals surface area contributed by atoms with E-state index in [2.05, 4.69) is 10.0 Å². The number of nitrogens with two attached hydrogens (primary N) is 1. The molecule has 0 saturated heterocycles. The molecule has 0 aliphatic rings. The second-order valence-corrected chi connectivity index (χ2v) is 3.54. The average molecular weight is 222 g/mol. The molecule has 0 radical (unpaired) electrons. The molecule has 0 fully saturated rings. The highest BCUT2D eigenvalue weighted by molar-refractivity contribution is 5.45. The molecule has 0 saturated carbocycles. The Hall–Kier alpha value is -1.75. The van der Waals surface area contributed by atoms with Gasteiger partial charge in [0.1, 0.15) is 6.10 Å². The summed E-state index contributed by atoms with van der Waals surface area (Å²) in [6.07, 6.45) is -2.19. The molecule has 0 aliphatic heterocycles. The molecule has 1 aromatic carbocycles. The first-order valence-electron chi connectivity index (χ1n) is 4.79. The van der Waals surface area contributed by atoms with Crippen molar-refractivity contribution in [1.82, 2.24) is 0 Å². The first kappa shape index (κ1) is 12.3. The van der Waals surface area contributed by atoms with Crippen molar-refractivity contribution in [2.75, 3.05) is 12.3 Å². The molecule has 86 valence electrons. The van der Waals surface area contributed by atoms with Crippen molar-refractivity contribution in [2.24, 2.45) is 5.11 Å². The fourth-order valence-corrected chi connectivity index (χ4v) is 1.46. The summed E-state index contributed by atoms with van der Waals surface area (Å²) in [6, 6.07) is 5.00. The number of nitrogen functional groups attached to an aromatic ring is 1. The topological polar surface area (TPSA) is 115 Å². The molecule has 16 heavy (non-hydrogen) atoms. The van der Waals surface area contributed by atoms with Crippen LogP contribution in [0.15, 0.2) is 23.3 Å². The molecule has 0 aliphatic carbocycles. The molecule has 4 N–H and O–H groups in total. The fraction of sp³-hybridized carbons (Fsp3) is 0.400. The van der Waals surface area contributed by atoms with E-state index < -0.39 is 12.2 Å². The van der Waals surface area contributed by atoms with Crippen molar-refractivity contribution in [3.63, 3.8) is 0 Å². The minimum absolute atomic E-state index is 0.165. The summed E-state index contributed by atoms with van der Waals surface area (Å²) >= 11 is 0. The molecule has 2 unspecified atom stereocenters. The number of azide groups is 1. The van der Waals surface area contributed by atoms with Crippen molar-refractivity contribution in [3.8, 4) is 0 Å². The monoisotopic (exact) mass is 222 g/mol. The Morgan fingerprint density at radius 3 is 2.75 bits per heavy atom. The summed E-state index contributed by atoms with van der Waals surface area (Å²) in [4.78, 5) is 2.52. The van der Waals surface area contributed by atoms with E-state index >= 15 is 0 Å². The molecule has 0 heterocycles. The fourth-order valence-electron chi connectivity index (χ4n) is 1.46. The molecule has 2 atom stereocenters. The van der Waals surface area contributed by atoms with Gasteiger partial charge in [0, 0.05) is 10.6 Å². The van der Waals surface area contributed by atoms with Crippen molar-refractivity contribution >= 4 is 5.69 Å². The zero-order valence-corrected chi connectivity index (χ0v) is 8.91. The SMILES string of the molecule is Cc1cc(N)ccc1C(O)C(O)CN=[N+]=[N-]. The average Bonchev–Trinajstić information content (AvgIpc) is 2.25. The predicted octanol–water partition coefficient (Wildman–Crippen LogP) is 1.28. The zero-order valence-electron chi connectivity index (χ0n) is 8.91. The smallest absolute Gasteiger partial charge is 0.105 e. The van der Waals surface area contributed by atoms with Gasteiger partial charge in [-0.2, -0.15) is 0 Å². The highest BCUT2D eigenvalue weighted by Gasteiger charge is 2.19. The van der Waals surface area contributed by atoms with E-state index in [0.29, 0.717) is 11.3 Å². The normalized spacial score (nSPS) is 13.9. The Bertz CT molecular complexity index is 415. The van der Waals surface area contributed by atoms with Crippen molar-refractivity contribution < 1.29 is 10.2 Å². The highest BCUT2D eigenvalue weighted by Crippen LogP contribution is 2.22. The second-order valence-electron chi connectivity index (χ2n) is 3.54. The maximum absolute atomic E-state index is 9.81. The lowest BCUT2D eigenvalue weighted by atomic mass is 9.99. The summed E-state index contributed by atoms with van der Waals surface area (Å²) < 4.78 is 0. The Balaban J connectivity index is 2.86. The molecule has 6 nitrogen and oxygen atoms in total. The third kappa shape index (κ3) is 2.87. The van der Waals surface area contributed by atoms with Crippen LogP contribution in [0.1, 0.15) is 17.2 Å². The quantitative estimate of drug-likeness (QED) is 0.308. The van der Waals surface area contributed by atoms with E-state index in [-0.39, 0.29) is 6.54 Å². The van der Waals surface area contributed by atoms with E-state index in [1.165, 1.54) is 0 Å². The Morgan fingerprint density at radius 2 is 2.19 bits per heavy atom. The number of aliphatic hydroxyl groups is 2. The van der Waals surface area contributed by atoms with Crippen LogP contribution in [0.5, 0.6) is 0 Å². The Morgan fingerprint density at radius 1 is 1.50 bits per heavy atom. The summed E-state index contributed by atoms with van der Waals surface area (Å²) in [5.74, 6) is 0. The standard InChI is InChI=1S/C10H14N4O2/c1-6-4-7(11)2-3-8(6)10(16)9(15)5-13-14-12/h2-4,9-10,15-16H,5,11H2,1H3. The van der Waals surface area contributed by atoms with Crippen LogP contribution in [0.3, 0.4) is 0 Å². The molecular formula is C10H14N4O2. The van der Waals surface area contributed by atoms with E-state index in [4.69, 9.17) is 11.3 Å². The lowest BCUT2D eigenvalue weighted by Crippen LogP contribution is -2.21. The number of rotatable bonds is 4. The van der Waals surface area contributed by atoms with Crippen LogP contribution in [-0.2, 0) is 0 Å².